The highest BCUT2D eigenvalue weighted by atomic mass is 16.5. The lowest BCUT2D eigenvalue weighted by atomic mass is 9.85. The van der Waals surface area contributed by atoms with Gasteiger partial charge in [-0.15, -0.1) is 0 Å². The zero-order chi connectivity index (χ0) is 22.3. The summed E-state index contributed by atoms with van der Waals surface area (Å²) < 4.78 is 6.47. The van der Waals surface area contributed by atoms with Crippen molar-refractivity contribution >= 4 is 0 Å². The number of phenolic OH excluding ortho intramolecular Hbond substituents is 1. The fourth-order valence-electron chi connectivity index (χ4n) is 5.06. The van der Waals surface area contributed by atoms with Crippen molar-refractivity contribution in [3.63, 3.8) is 0 Å². The summed E-state index contributed by atoms with van der Waals surface area (Å²) in [6.45, 7) is 15.8. The minimum Gasteiger partial charge on any atom is -0.507 e. The van der Waals surface area contributed by atoms with Gasteiger partial charge in [-0.25, -0.2) is 0 Å². The van der Waals surface area contributed by atoms with Gasteiger partial charge in [0.1, 0.15) is 17.1 Å². The van der Waals surface area contributed by atoms with Crippen LogP contribution in [0.3, 0.4) is 0 Å². The quantitative estimate of drug-likeness (QED) is 0.370. The molecule has 1 aliphatic rings. The van der Waals surface area contributed by atoms with Gasteiger partial charge in [0.25, 0.3) is 0 Å². The molecule has 0 aromatic heterocycles. The maximum atomic E-state index is 10.2. The van der Waals surface area contributed by atoms with E-state index in [4.69, 9.17) is 4.74 Å². The molecule has 0 saturated carbocycles. The highest BCUT2D eigenvalue weighted by molar-refractivity contribution is 5.53. The first-order valence-electron chi connectivity index (χ1n) is 12.6. The van der Waals surface area contributed by atoms with Gasteiger partial charge in [0.2, 0.25) is 0 Å². The van der Waals surface area contributed by atoms with Crippen molar-refractivity contribution in [2.75, 3.05) is 0 Å². The second-order valence-electron chi connectivity index (χ2n) is 11.1. The Kier molecular flexibility index (Phi) is 9.57. The molecule has 172 valence electrons. The molecule has 0 saturated heterocycles. The van der Waals surface area contributed by atoms with Crippen LogP contribution in [0.5, 0.6) is 11.5 Å². The normalized spacial score (nSPS) is 20.7. The molecule has 1 aliphatic heterocycles. The second-order valence-corrected chi connectivity index (χ2v) is 11.1. The third kappa shape index (κ3) is 7.50. The molecule has 0 radical (unpaired) electrons. The van der Waals surface area contributed by atoms with Crippen LogP contribution in [0.2, 0.25) is 0 Å². The van der Waals surface area contributed by atoms with Crippen LogP contribution in [0.1, 0.15) is 116 Å². The fraction of sp³-hybridized carbons (Fsp3) is 0.786. The smallest absolute Gasteiger partial charge is 0.124 e. The Morgan fingerprint density at radius 1 is 0.933 bits per heavy atom. The SMILES string of the molecule is Cc1cc2c(c(C)c1O)CCC(C)(CCCC(C)CCCC(C)CCCC(C)C)O2. The van der Waals surface area contributed by atoms with E-state index in [1.807, 2.05) is 19.9 Å². The summed E-state index contributed by atoms with van der Waals surface area (Å²) in [5.74, 6) is 3.98. The number of phenols is 1. The van der Waals surface area contributed by atoms with Gasteiger partial charge in [0.05, 0.1) is 0 Å². The van der Waals surface area contributed by atoms with Gasteiger partial charge in [-0.05, 0) is 81.4 Å². The van der Waals surface area contributed by atoms with E-state index in [2.05, 4.69) is 34.6 Å². The molecule has 1 aromatic carbocycles. The first-order valence-corrected chi connectivity index (χ1v) is 12.6. The molecule has 0 fully saturated rings. The third-order valence-corrected chi connectivity index (χ3v) is 7.36. The van der Waals surface area contributed by atoms with E-state index < -0.39 is 0 Å². The van der Waals surface area contributed by atoms with Crippen LogP contribution < -0.4 is 4.74 Å². The van der Waals surface area contributed by atoms with E-state index in [9.17, 15) is 5.11 Å². The zero-order valence-electron chi connectivity index (χ0n) is 20.9. The Hall–Kier alpha value is -1.18. The van der Waals surface area contributed by atoms with Crippen molar-refractivity contribution in [1.29, 1.82) is 0 Å². The largest absolute Gasteiger partial charge is 0.507 e. The molecule has 3 atom stereocenters. The van der Waals surface area contributed by atoms with Gasteiger partial charge in [-0.3, -0.25) is 0 Å². The maximum absolute atomic E-state index is 10.2. The van der Waals surface area contributed by atoms with Crippen LogP contribution in [-0.2, 0) is 6.42 Å². The summed E-state index contributed by atoms with van der Waals surface area (Å²) in [6.07, 6.45) is 14.1. The van der Waals surface area contributed by atoms with Crippen LogP contribution in [0.4, 0.5) is 0 Å². The van der Waals surface area contributed by atoms with Gasteiger partial charge >= 0.3 is 0 Å². The van der Waals surface area contributed by atoms with Crippen molar-refractivity contribution in [1.82, 2.24) is 0 Å². The number of aryl methyl sites for hydroxylation is 1. The van der Waals surface area contributed by atoms with Crippen LogP contribution in [0.25, 0.3) is 0 Å². The summed E-state index contributed by atoms with van der Waals surface area (Å²) in [7, 11) is 0. The number of ether oxygens (including phenoxy) is 1. The average molecular weight is 417 g/mol. The molecule has 1 heterocycles. The minimum atomic E-state index is -0.0620. The number of hydrogen-bond donors (Lipinski definition) is 1. The van der Waals surface area contributed by atoms with Crippen LogP contribution in [-0.4, -0.2) is 10.7 Å². The number of benzene rings is 1. The highest BCUT2D eigenvalue weighted by Gasteiger charge is 2.32. The van der Waals surface area contributed by atoms with Crippen LogP contribution in [0, 0.1) is 31.6 Å². The Bertz CT molecular complexity index is 663. The predicted octanol–water partition coefficient (Wildman–Crippen LogP) is 8.53. The Labute approximate surface area is 186 Å². The molecule has 2 nitrogen and oxygen atoms in total. The summed E-state index contributed by atoms with van der Waals surface area (Å²) in [6, 6.07) is 2.03. The van der Waals surface area contributed by atoms with Gasteiger partial charge in [0.15, 0.2) is 0 Å². The lowest BCUT2D eigenvalue weighted by molar-refractivity contribution is 0.0520. The van der Waals surface area contributed by atoms with Crippen LogP contribution in [0.15, 0.2) is 6.07 Å². The number of aromatic hydroxyl groups is 1. The molecular weight excluding hydrogens is 368 g/mol. The standard InChI is InChI=1S/C28H48O2/c1-20(2)11-8-12-21(3)13-9-14-22(4)15-10-17-28(7)18-16-25-24(6)27(29)23(5)19-26(25)30-28/h19-22,29H,8-18H2,1-7H3. The molecule has 0 amide bonds. The van der Waals surface area contributed by atoms with E-state index in [0.717, 1.165) is 53.9 Å². The third-order valence-electron chi connectivity index (χ3n) is 7.36. The first-order chi connectivity index (χ1) is 14.1. The first kappa shape index (κ1) is 25.1. The molecule has 1 aromatic rings. The van der Waals surface area contributed by atoms with E-state index >= 15 is 0 Å². The monoisotopic (exact) mass is 416 g/mol. The molecule has 3 unspecified atom stereocenters. The van der Waals surface area contributed by atoms with Crippen LogP contribution >= 0.6 is 0 Å². The van der Waals surface area contributed by atoms with E-state index in [1.165, 1.54) is 56.9 Å². The predicted molar refractivity (Wildman–Crippen MR) is 130 cm³/mol. The number of fused-ring (bicyclic) bond motifs is 1. The average Bonchev–Trinajstić information content (AvgIpc) is 2.65. The Morgan fingerprint density at radius 2 is 1.50 bits per heavy atom. The molecule has 0 spiro atoms. The molecule has 2 heteroatoms. The summed E-state index contributed by atoms with van der Waals surface area (Å²) >= 11 is 0. The lowest BCUT2D eigenvalue weighted by Crippen LogP contribution is -2.36. The van der Waals surface area contributed by atoms with E-state index in [0.29, 0.717) is 5.75 Å². The Morgan fingerprint density at radius 3 is 2.10 bits per heavy atom. The topological polar surface area (TPSA) is 29.5 Å². The van der Waals surface area contributed by atoms with Crippen molar-refractivity contribution in [3.05, 3.63) is 22.8 Å². The van der Waals surface area contributed by atoms with E-state index in [-0.39, 0.29) is 5.60 Å². The minimum absolute atomic E-state index is 0.0620. The number of hydrogen-bond acceptors (Lipinski definition) is 2. The Balaban J connectivity index is 1.68. The molecule has 30 heavy (non-hydrogen) atoms. The molecule has 0 aliphatic carbocycles. The highest BCUT2D eigenvalue weighted by Crippen LogP contribution is 2.41. The fourth-order valence-corrected chi connectivity index (χ4v) is 5.06. The van der Waals surface area contributed by atoms with E-state index in [1.54, 1.807) is 0 Å². The zero-order valence-corrected chi connectivity index (χ0v) is 20.9. The summed E-state index contributed by atoms with van der Waals surface area (Å²) in [4.78, 5) is 0. The van der Waals surface area contributed by atoms with Crippen molar-refractivity contribution < 1.29 is 9.84 Å². The lowest BCUT2D eigenvalue weighted by Gasteiger charge is -2.37. The second kappa shape index (κ2) is 11.4. The molecule has 1 N–H and O–H groups in total. The maximum Gasteiger partial charge on any atom is 0.124 e. The number of rotatable bonds is 12. The van der Waals surface area contributed by atoms with Crippen molar-refractivity contribution in [2.45, 2.75) is 125 Å². The molecular formula is C28H48O2. The summed E-state index contributed by atoms with van der Waals surface area (Å²) in [5, 5.41) is 10.2. The van der Waals surface area contributed by atoms with Gasteiger partial charge in [0, 0.05) is 5.56 Å². The van der Waals surface area contributed by atoms with Gasteiger partial charge in [-0.1, -0.05) is 72.6 Å². The van der Waals surface area contributed by atoms with Crippen molar-refractivity contribution in [3.8, 4) is 11.5 Å². The molecule has 0 bridgehead atoms. The molecule has 2 rings (SSSR count). The van der Waals surface area contributed by atoms with Crippen molar-refractivity contribution in [2.24, 2.45) is 17.8 Å². The summed E-state index contributed by atoms with van der Waals surface area (Å²) in [5.41, 5.74) is 3.06. The van der Waals surface area contributed by atoms with Gasteiger partial charge in [-0.2, -0.15) is 0 Å². The van der Waals surface area contributed by atoms with Gasteiger partial charge < -0.3 is 9.84 Å².